The fourth-order valence-electron chi connectivity index (χ4n) is 6.73. The Hall–Kier alpha value is -2.87. The number of carbonyl (C=O) groups is 1. The molecule has 5 nitrogen and oxygen atoms in total. The first-order chi connectivity index (χ1) is 23.6. The number of hydrogen-bond donors (Lipinski definition) is 2. The van der Waals surface area contributed by atoms with Crippen LogP contribution in [0.1, 0.15) is 47.1 Å². The number of alkyl halides is 6. The maximum Gasteiger partial charge on any atom is 0.416 e. The highest BCUT2D eigenvalue weighted by Gasteiger charge is 2.42. The molecule has 0 spiro atoms. The molecule has 6 rings (SSSR count). The number of benzene rings is 3. The maximum absolute atomic E-state index is 14.9. The van der Waals surface area contributed by atoms with E-state index in [1.54, 1.807) is 36.4 Å². The number of fused-ring (bicyclic) bond motifs is 2. The lowest BCUT2D eigenvalue weighted by atomic mass is 9.83. The van der Waals surface area contributed by atoms with Gasteiger partial charge >= 0.3 is 12.4 Å². The summed E-state index contributed by atoms with van der Waals surface area (Å²) in [6.07, 6.45) is -7.59. The van der Waals surface area contributed by atoms with E-state index < -0.39 is 54.0 Å². The highest BCUT2D eigenvalue weighted by atomic mass is 35.5. The van der Waals surface area contributed by atoms with Crippen molar-refractivity contribution in [3.05, 3.63) is 109 Å². The molecule has 0 aromatic heterocycles. The van der Waals surface area contributed by atoms with Gasteiger partial charge in [0.25, 0.3) is 5.91 Å². The summed E-state index contributed by atoms with van der Waals surface area (Å²) in [5.41, 5.74) is 0.813. The molecule has 0 unspecified atom stereocenters. The van der Waals surface area contributed by atoms with Crippen LogP contribution < -0.4 is 10.6 Å². The van der Waals surface area contributed by atoms with Gasteiger partial charge in [-0.3, -0.25) is 9.69 Å². The molecule has 0 radical (unpaired) electrons. The molecule has 2 N–H and O–H groups in total. The van der Waals surface area contributed by atoms with Gasteiger partial charge in [0, 0.05) is 55.9 Å². The minimum absolute atomic E-state index is 0.0322. The first-order valence-electron chi connectivity index (χ1n) is 15.9. The fourth-order valence-corrected chi connectivity index (χ4v) is 7.28. The fraction of sp³-hybridized carbons (Fsp3) is 0.400. The van der Waals surface area contributed by atoms with Gasteiger partial charge in [-0.25, -0.2) is 4.39 Å². The van der Waals surface area contributed by atoms with E-state index in [9.17, 15) is 35.5 Å². The molecule has 2 aliphatic heterocycles. The first-order valence-corrected chi connectivity index (χ1v) is 17.1. The van der Waals surface area contributed by atoms with Gasteiger partial charge in [-0.2, -0.15) is 26.3 Å². The summed E-state index contributed by atoms with van der Waals surface area (Å²) >= 11 is 18.5. The van der Waals surface area contributed by atoms with Gasteiger partial charge in [-0.05, 0) is 59.7 Å². The Labute approximate surface area is 299 Å². The Balaban J connectivity index is 1.30. The van der Waals surface area contributed by atoms with Crippen molar-refractivity contribution in [3.8, 4) is 0 Å². The number of halogens is 10. The van der Waals surface area contributed by atoms with Crippen LogP contribution in [0.2, 0.25) is 15.1 Å². The van der Waals surface area contributed by atoms with Crippen LogP contribution in [-0.4, -0.2) is 59.6 Å². The molecule has 1 aliphatic carbocycles. The lowest BCUT2D eigenvalue weighted by Crippen LogP contribution is -2.60. The van der Waals surface area contributed by atoms with E-state index in [0.717, 1.165) is 30.0 Å². The molecule has 15 heteroatoms. The highest BCUT2D eigenvalue weighted by Crippen LogP contribution is 2.39. The van der Waals surface area contributed by atoms with Crippen LogP contribution in [0.5, 0.6) is 0 Å². The third kappa shape index (κ3) is 8.43. The van der Waals surface area contributed by atoms with E-state index in [4.69, 9.17) is 34.8 Å². The van der Waals surface area contributed by atoms with Crippen molar-refractivity contribution < 1.29 is 35.5 Å². The van der Waals surface area contributed by atoms with Gasteiger partial charge in [-0.1, -0.05) is 71.2 Å². The number of piperazine rings is 1. The van der Waals surface area contributed by atoms with Crippen molar-refractivity contribution in [1.82, 2.24) is 20.4 Å². The molecule has 1 saturated carbocycles. The maximum atomic E-state index is 14.9. The van der Waals surface area contributed by atoms with E-state index in [2.05, 4.69) is 10.6 Å². The van der Waals surface area contributed by atoms with Crippen molar-refractivity contribution in [2.75, 3.05) is 19.6 Å². The zero-order chi connectivity index (χ0) is 36.0. The molecule has 3 aliphatic rings. The van der Waals surface area contributed by atoms with Crippen LogP contribution >= 0.6 is 34.8 Å². The van der Waals surface area contributed by atoms with E-state index in [-0.39, 0.29) is 30.6 Å². The molecule has 2 fully saturated rings. The molecule has 50 heavy (non-hydrogen) atoms. The SMILES string of the molecule is O=C(C1=C(c2ccc(CN(Cc3c(C(F)(F)F)ccc(Cl)c3F)CC(F)(F)F)cc2)C[C@H]2CNC[C@H]1N2)N(Cc1cccc(Cl)c1Cl)C1CC1. The van der Waals surface area contributed by atoms with E-state index in [0.29, 0.717) is 57.2 Å². The quantitative estimate of drug-likeness (QED) is 0.203. The molecule has 1 amide bonds. The molecule has 2 bridgehead atoms. The molecule has 1 saturated heterocycles. The van der Waals surface area contributed by atoms with Crippen LogP contribution in [0.4, 0.5) is 30.7 Å². The summed E-state index contributed by atoms with van der Waals surface area (Å²) in [5.74, 6) is -1.57. The number of carbonyl (C=O) groups excluding carboxylic acids is 1. The smallest absolute Gasteiger partial charge is 0.331 e. The zero-order valence-electron chi connectivity index (χ0n) is 26.4. The van der Waals surface area contributed by atoms with E-state index >= 15 is 0 Å². The van der Waals surface area contributed by atoms with Crippen molar-refractivity contribution >= 4 is 46.3 Å². The van der Waals surface area contributed by atoms with Gasteiger partial charge in [0.1, 0.15) is 5.82 Å². The first kappa shape index (κ1) is 36.9. The van der Waals surface area contributed by atoms with Crippen molar-refractivity contribution in [2.24, 2.45) is 0 Å². The van der Waals surface area contributed by atoms with Gasteiger partial charge < -0.3 is 15.5 Å². The second kappa shape index (κ2) is 14.6. The summed E-state index contributed by atoms with van der Waals surface area (Å²) < 4.78 is 96.8. The molecule has 3 aromatic rings. The van der Waals surface area contributed by atoms with Crippen LogP contribution in [0.3, 0.4) is 0 Å². The van der Waals surface area contributed by atoms with Crippen molar-refractivity contribution in [2.45, 2.75) is 69.4 Å². The third-order valence-electron chi connectivity index (χ3n) is 9.15. The minimum atomic E-state index is -5.01. The molecule has 268 valence electrons. The Morgan fingerprint density at radius 1 is 0.860 bits per heavy atom. The highest BCUT2D eigenvalue weighted by molar-refractivity contribution is 6.42. The van der Waals surface area contributed by atoms with Gasteiger partial charge in [0.15, 0.2) is 0 Å². The van der Waals surface area contributed by atoms with Gasteiger partial charge in [0.2, 0.25) is 0 Å². The number of rotatable bonds is 10. The average Bonchev–Trinajstić information content (AvgIpc) is 3.88. The molecule has 2 atom stereocenters. The average molecular weight is 764 g/mol. The second-order valence-electron chi connectivity index (χ2n) is 12.9. The summed E-state index contributed by atoms with van der Waals surface area (Å²) in [7, 11) is 0. The van der Waals surface area contributed by atoms with Crippen LogP contribution in [0.15, 0.2) is 60.2 Å². The normalized spacial score (nSPS) is 19.7. The summed E-state index contributed by atoms with van der Waals surface area (Å²) in [6, 6.07) is 12.9. The standard InChI is InChI=1S/C35H32Cl3F7N4O/c36-27-3-1-2-21(31(27)38)16-49(23-8-9-23)33(50)30-24(12-22-13-46-14-29(30)47-22)20-6-4-19(5-7-20)15-48(18-34(40,41)42)17-25-26(35(43,44)45)10-11-28(37)32(25)39/h1-7,10-11,22-23,29,46-47H,8-9,12-18H2/t22-,29+/m0/s1. The van der Waals surface area contributed by atoms with E-state index in [1.807, 2.05) is 11.0 Å². The topological polar surface area (TPSA) is 47.6 Å². The molecular weight excluding hydrogens is 732 g/mol. The van der Waals surface area contributed by atoms with Crippen LogP contribution in [0.25, 0.3) is 5.57 Å². The van der Waals surface area contributed by atoms with E-state index in [1.165, 1.54) is 0 Å². The summed E-state index contributed by atoms with van der Waals surface area (Å²) in [4.78, 5) is 16.9. The summed E-state index contributed by atoms with van der Waals surface area (Å²) in [6.45, 7) is -1.54. The Bertz CT molecular complexity index is 1780. The Kier molecular flexibility index (Phi) is 10.8. The predicted molar refractivity (Wildman–Crippen MR) is 178 cm³/mol. The number of amides is 1. The van der Waals surface area contributed by atoms with Crippen molar-refractivity contribution in [1.29, 1.82) is 0 Å². The number of nitrogens with one attached hydrogen (secondary N) is 2. The molecule has 2 heterocycles. The predicted octanol–water partition coefficient (Wildman–Crippen LogP) is 8.65. The number of hydrogen-bond acceptors (Lipinski definition) is 4. The van der Waals surface area contributed by atoms with Crippen LogP contribution in [-0.2, 0) is 30.6 Å². The molecular formula is C35H32Cl3F7N4O. The van der Waals surface area contributed by atoms with Gasteiger partial charge in [0.05, 0.1) is 33.2 Å². The Morgan fingerprint density at radius 2 is 1.58 bits per heavy atom. The van der Waals surface area contributed by atoms with Gasteiger partial charge in [-0.15, -0.1) is 0 Å². The lowest BCUT2D eigenvalue weighted by Gasteiger charge is -2.41. The zero-order valence-corrected chi connectivity index (χ0v) is 28.6. The minimum Gasteiger partial charge on any atom is -0.331 e. The third-order valence-corrected chi connectivity index (χ3v) is 10.3. The second-order valence-corrected chi connectivity index (χ2v) is 14.1. The Morgan fingerprint density at radius 3 is 2.24 bits per heavy atom. The lowest BCUT2D eigenvalue weighted by molar-refractivity contribution is -0.149. The molecule has 3 aromatic carbocycles. The number of nitrogens with zero attached hydrogens (tertiary/aromatic N) is 2. The monoisotopic (exact) mass is 762 g/mol. The van der Waals surface area contributed by atoms with Crippen LogP contribution in [0, 0.1) is 5.82 Å². The largest absolute Gasteiger partial charge is 0.416 e. The summed E-state index contributed by atoms with van der Waals surface area (Å²) in [5, 5.41) is 7.06. The van der Waals surface area contributed by atoms with Crippen molar-refractivity contribution in [3.63, 3.8) is 0 Å².